The Kier molecular flexibility index (Phi) is 3.77. The predicted molar refractivity (Wildman–Crippen MR) is 69.6 cm³/mol. The molecule has 0 aliphatic carbocycles. The standard InChI is InChI=1S/C14H18FN3/c1-10(12-6-4-5-7-13(12)15)17-11(2)14-8-9-16-18(14)3/h4-11,17H,1-3H3. The minimum absolute atomic E-state index is 0.0453. The topological polar surface area (TPSA) is 29.9 Å². The van der Waals surface area contributed by atoms with Gasteiger partial charge in [-0.05, 0) is 26.0 Å². The fraction of sp³-hybridized carbons (Fsp3) is 0.357. The number of aryl methyl sites for hydroxylation is 1. The van der Waals surface area contributed by atoms with Crippen LogP contribution in [-0.2, 0) is 7.05 Å². The molecule has 4 heteroatoms. The molecule has 2 rings (SSSR count). The highest BCUT2D eigenvalue weighted by Crippen LogP contribution is 2.20. The Bertz CT molecular complexity index is 521. The lowest BCUT2D eigenvalue weighted by atomic mass is 10.1. The molecular formula is C14H18FN3. The van der Waals surface area contributed by atoms with Gasteiger partial charge < -0.3 is 5.32 Å². The molecule has 0 spiro atoms. The van der Waals surface area contributed by atoms with Crippen molar-refractivity contribution < 1.29 is 4.39 Å². The molecule has 2 atom stereocenters. The Labute approximate surface area is 107 Å². The molecule has 1 N–H and O–H groups in total. The molecule has 18 heavy (non-hydrogen) atoms. The number of hydrogen-bond acceptors (Lipinski definition) is 2. The van der Waals surface area contributed by atoms with Crippen LogP contribution in [0.2, 0.25) is 0 Å². The third kappa shape index (κ3) is 2.59. The second kappa shape index (κ2) is 5.31. The van der Waals surface area contributed by atoms with Crippen molar-refractivity contribution in [2.75, 3.05) is 0 Å². The minimum atomic E-state index is -0.172. The number of nitrogens with one attached hydrogen (secondary N) is 1. The van der Waals surface area contributed by atoms with Gasteiger partial charge in [-0.2, -0.15) is 5.10 Å². The van der Waals surface area contributed by atoms with Crippen LogP contribution >= 0.6 is 0 Å². The van der Waals surface area contributed by atoms with Crippen molar-refractivity contribution >= 4 is 0 Å². The van der Waals surface area contributed by atoms with Gasteiger partial charge in [-0.1, -0.05) is 18.2 Å². The maximum absolute atomic E-state index is 13.7. The Morgan fingerprint density at radius 3 is 2.50 bits per heavy atom. The molecule has 1 heterocycles. The average molecular weight is 247 g/mol. The summed E-state index contributed by atoms with van der Waals surface area (Å²) in [7, 11) is 1.90. The molecule has 1 aromatic heterocycles. The van der Waals surface area contributed by atoms with Gasteiger partial charge in [0, 0.05) is 30.9 Å². The van der Waals surface area contributed by atoms with E-state index < -0.39 is 0 Å². The molecule has 0 aliphatic rings. The maximum atomic E-state index is 13.7. The lowest BCUT2D eigenvalue weighted by molar-refractivity contribution is 0.454. The highest BCUT2D eigenvalue weighted by molar-refractivity contribution is 5.21. The zero-order valence-corrected chi connectivity index (χ0v) is 10.9. The van der Waals surface area contributed by atoms with E-state index in [0.29, 0.717) is 5.56 Å². The van der Waals surface area contributed by atoms with E-state index in [2.05, 4.69) is 10.4 Å². The molecule has 96 valence electrons. The number of hydrogen-bond donors (Lipinski definition) is 1. The van der Waals surface area contributed by atoms with Crippen LogP contribution in [0.25, 0.3) is 0 Å². The zero-order valence-electron chi connectivity index (χ0n) is 10.9. The van der Waals surface area contributed by atoms with Crippen LogP contribution in [-0.4, -0.2) is 9.78 Å². The van der Waals surface area contributed by atoms with Crippen molar-refractivity contribution in [2.24, 2.45) is 7.05 Å². The molecule has 0 aliphatic heterocycles. The summed E-state index contributed by atoms with van der Waals surface area (Å²) in [6.45, 7) is 4.01. The van der Waals surface area contributed by atoms with Crippen LogP contribution in [0.15, 0.2) is 36.5 Å². The molecule has 0 radical (unpaired) electrons. The number of benzene rings is 1. The number of rotatable bonds is 4. The molecule has 2 aromatic rings. The van der Waals surface area contributed by atoms with Gasteiger partial charge in [0.25, 0.3) is 0 Å². The van der Waals surface area contributed by atoms with Gasteiger partial charge in [-0.15, -0.1) is 0 Å². The van der Waals surface area contributed by atoms with Gasteiger partial charge in [0.2, 0.25) is 0 Å². The molecule has 0 amide bonds. The first kappa shape index (κ1) is 12.8. The zero-order chi connectivity index (χ0) is 13.1. The van der Waals surface area contributed by atoms with Crippen LogP contribution in [0.5, 0.6) is 0 Å². The summed E-state index contributed by atoms with van der Waals surface area (Å²) >= 11 is 0. The van der Waals surface area contributed by atoms with Crippen molar-refractivity contribution in [1.29, 1.82) is 0 Å². The molecule has 1 aromatic carbocycles. The van der Waals surface area contributed by atoms with Gasteiger partial charge in [-0.25, -0.2) is 4.39 Å². The number of halogens is 1. The molecule has 0 saturated heterocycles. The van der Waals surface area contributed by atoms with E-state index in [9.17, 15) is 4.39 Å². The van der Waals surface area contributed by atoms with Crippen LogP contribution in [0.1, 0.15) is 37.2 Å². The van der Waals surface area contributed by atoms with E-state index in [1.807, 2.05) is 43.8 Å². The predicted octanol–water partition coefficient (Wildman–Crippen LogP) is 2.97. The monoisotopic (exact) mass is 247 g/mol. The normalized spacial score (nSPS) is 14.4. The van der Waals surface area contributed by atoms with Gasteiger partial charge in [0.15, 0.2) is 0 Å². The summed E-state index contributed by atoms with van der Waals surface area (Å²) in [4.78, 5) is 0. The first-order valence-electron chi connectivity index (χ1n) is 6.08. The third-order valence-electron chi connectivity index (χ3n) is 3.17. The van der Waals surface area contributed by atoms with Crippen molar-refractivity contribution in [3.05, 3.63) is 53.6 Å². The summed E-state index contributed by atoms with van der Waals surface area (Å²) in [6.07, 6.45) is 1.77. The average Bonchev–Trinajstić information content (AvgIpc) is 2.76. The summed E-state index contributed by atoms with van der Waals surface area (Å²) in [5.41, 5.74) is 1.77. The Balaban J connectivity index is 2.11. The van der Waals surface area contributed by atoms with Crippen LogP contribution in [0.3, 0.4) is 0 Å². The molecule has 0 fully saturated rings. The summed E-state index contributed by atoms with van der Waals surface area (Å²) in [5, 5.41) is 7.52. The minimum Gasteiger partial charge on any atom is -0.302 e. The largest absolute Gasteiger partial charge is 0.302 e. The van der Waals surface area contributed by atoms with E-state index in [4.69, 9.17) is 0 Å². The second-order valence-electron chi connectivity index (χ2n) is 4.51. The fourth-order valence-corrected chi connectivity index (χ4v) is 2.19. The van der Waals surface area contributed by atoms with E-state index >= 15 is 0 Å². The first-order chi connectivity index (χ1) is 8.59. The maximum Gasteiger partial charge on any atom is 0.127 e. The Morgan fingerprint density at radius 2 is 1.89 bits per heavy atom. The molecular weight excluding hydrogens is 229 g/mol. The van der Waals surface area contributed by atoms with Crippen molar-refractivity contribution in [2.45, 2.75) is 25.9 Å². The second-order valence-corrected chi connectivity index (χ2v) is 4.51. The van der Waals surface area contributed by atoms with Crippen LogP contribution in [0, 0.1) is 5.82 Å². The summed E-state index contributed by atoms with van der Waals surface area (Å²) < 4.78 is 15.5. The number of aromatic nitrogens is 2. The first-order valence-corrected chi connectivity index (χ1v) is 6.08. The van der Waals surface area contributed by atoms with Crippen molar-refractivity contribution in [1.82, 2.24) is 15.1 Å². The van der Waals surface area contributed by atoms with E-state index in [-0.39, 0.29) is 17.9 Å². The van der Waals surface area contributed by atoms with Crippen molar-refractivity contribution in [3.63, 3.8) is 0 Å². The molecule has 2 unspecified atom stereocenters. The van der Waals surface area contributed by atoms with Crippen LogP contribution < -0.4 is 5.32 Å². The van der Waals surface area contributed by atoms with E-state index in [1.165, 1.54) is 6.07 Å². The van der Waals surface area contributed by atoms with Gasteiger partial charge >= 0.3 is 0 Å². The third-order valence-corrected chi connectivity index (χ3v) is 3.17. The fourth-order valence-electron chi connectivity index (χ4n) is 2.19. The lowest BCUT2D eigenvalue weighted by Crippen LogP contribution is -2.24. The Morgan fingerprint density at radius 1 is 1.17 bits per heavy atom. The van der Waals surface area contributed by atoms with E-state index in [1.54, 1.807) is 12.3 Å². The van der Waals surface area contributed by atoms with Gasteiger partial charge in [0.1, 0.15) is 5.82 Å². The highest BCUT2D eigenvalue weighted by Gasteiger charge is 2.15. The Hall–Kier alpha value is -1.68. The lowest BCUT2D eigenvalue weighted by Gasteiger charge is -2.21. The SMILES string of the molecule is CC(NC(C)c1ccnn1C)c1ccccc1F. The summed E-state index contributed by atoms with van der Waals surface area (Å²) in [5.74, 6) is -0.172. The smallest absolute Gasteiger partial charge is 0.127 e. The van der Waals surface area contributed by atoms with Gasteiger partial charge in [0.05, 0.1) is 5.69 Å². The van der Waals surface area contributed by atoms with E-state index in [0.717, 1.165) is 5.69 Å². The summed E-state index contributed by atoms with van der Waals surface area (Å²) in [6, 6.07) is 8.89. The molecule has 0 saturated carbocycles. The number of nitrogens with zero attached hydrogens (tertiary/aromatic N) is 2. The quantitative estimate of drug-likeness (QED) is 0.900. The van der Waals surface area contributed by atoms with Crippen molar-refractivity contribution in [3.8, 4) is 0 Å². The van der Waals surface area contributed by atoms with Gasteiger partial charge in [-0.3, -0.25) is 4.68 Å². The molecule has 3 nitrogen and oxygen atoms in total. The highest BCUT2D eigenvalue weighted by atomic mass is 19.1. The van der Waals surface area contributed by atoms with Crippen LogP contribution in [0.4, 0.5) is 4.39 Å². The molecule has 0 bridgehead atoms.